The van der Waals surface area contributed by atoms with E-state index in [4.69, 9.17) is 14.6 Å². The van der Waals surface area contributed by atoms with E-state index in [0.717, 1.165) is 13.2 Å². The molecule has 0 aromatic carbocycles. The fourth-order valence-corrected chi connectivity index (χ4v) is 1.59. The molecular formula is C16H29NO5. The highest BCUT2D eigenvalue weighted by molar-refractivity contribution is 5.72. The molecule has 1 unspecified atom stereocenters. The highest BCUT2D eigenvalue weighted by atomic mass is 16.6. The van der Waals surface area contributed by atoms with Gasteiger partial charge in [0.25, 0.3) is 0 Å². The first-order valence-electron chi connectivity index (χ1n) is 7.70. The van der Waals surface area contributed by atoms with Gasteiger partial charge < -0.3 is 19.9 Å². The maximum absolute atomic E-state index is 11.2. The number of aliphatic carboxylic acids is 1. The van der Waals surface area contributed by atoms with Gasteiger partial charge in [-0.25, -0.2) is 4.79 Å². The van der Waals surface area contributed by atoms with Gasteiger partial charge in [0.1, 0.15) is 5.60 Å². The molecule has 0 radical (unpaired) electrons. The lowest BCUT2D eigenvalue weighted by molar-refractivity contribution is -0.140. The fraction of sp³-hybridized carbons (Fsp3) is 0.750. The van der Waals surface area contributed by atoms with Crippen LogP contribution in [-0.4, -0.2) is 42.5 Å². The van der Waals surface area contributed by atoms with Crippen molar-refractivity contribution in [3.63, 3.8) is 0 Å². The van der Waals surface area contributed by atoms with Crippen LogP contribution in [0.5, 0.6) is 0 Å². The summed E-state index contributed by atoms with van der Waals surface area (Å²) < 4.78 is 9.96. The number of rotatable bonds is 5. The highest BCUT2D eigenvalue weighted by Gasteiger charge is 2.15. The minimum absolute atomic E-state index is 0.263. The average molecular weight is 315 g/mol. The van der Waals surface area contributed by atoms with Gasteiger partial charge in [0.2, 0.25) is 0 Å². The Bertz CT molecular complexity index is 348. The van der Waals surface area contributed by atoms with E-state index < -0.39 is 23.6 Å². The molecule has 1 aliphatic heterocycles. The summed E-state index contributed by atoms with van der Waals surface area (Å²) in [7, 11) is 0. The van der Waals surface area contributed by atoms with E-state index in [-0.39, 0.29) is 6.54 Å². The summed E-state index contributed by atoms with van der Waals surface area (Å²) >= 11 is 0. The molecule has 0 aromatic rings. The van der Waals surface area contributed by atoms with Gasteiger partial charge in [-0.2, -0.15) is 0 Å². The van der Waals surface area contributed by atoms with Crippen LogP contribution >= 0.6 is 0 Å². The maximum Gasteiger partial charge on any atom is 0.407 e. The SMILES string of the molecule is C1CCOC1.CCC(/C=C\CNC(=O)OC(C)(C)C)C(=O)O. The molecule has 128 valence electrons. The third-order valence-electron chi connectivity index (χ3n) is 2.72. The Labute approximate surface area is 132 Å². The predicted octanol–water partition coefficient (Wildman–Crippen LogP) is 2.97. The molecule has 1 atom stereocenters. The molecule has 1 fully saturated rings. The van der Waals surface area contributed by atoms with Crippen molar-refractivity contribution in [1.29, 1.82) is 0 Å². The van der Waals surface area contributed by atoms with Crippen LogP contribution in [0.4, 0.5) is 4.79 Å². The summed E-state index contributed by atoms with van der Waals surface area (Å²) in [5, 5.41) is 11.3. The number of carboxylic acids is 1. The summed E-state index contributed by atoms with van der Waals surface area (Å²) in [5.74, 6) is -1.36. The second-order valence-electron chi connectivity index (χ2n) is 5.98. The molecule has 22 heavy (non-hydrogen) atoms. The van der Waals surface area contributed by atoms with Crippen molar-refractivity contribution < 1.29 is 24.2 Å². The van der Waals surface area contributed by atoms with Crippen LogP contribution in [0.2, 0.25) is 0 Å². The number of alkyl carbamates (subject to hydrolysis) is 1. The fourth-order valence-electron chi connectivity index (χ4n) is 1.59. The summed E-state index contributed by atoms with van der Waals surface area (Å²) in [6, 6.07) is 0. The number of hydrogen-bond donors (Lipinski definition) is 2. The van der Waals surface area contributed by atoms with Crippen LogP contribution in [-0.2, 0) is 14.3 Å². The van der Waals surface area contributed by atoms with Crippen molar-refractivity contribution in [1.82, 2.24) is 5.32 Å². The molecule has 2 N–H and O–H groups in total. The minimum Gasteiger partial charge on any atom is -0.481 e. The molecule has 0 bridgehead atoms. The smallest absolute Gasteiger partial charge is 0.407 e. The van der Waals surface area contributed by atoms with Gasteiger partial charge in [-0.15, -0.1) is 0 Å². The van der Waals surface area contributed by atoms with E-state index in [1.165, 1.54) is 12.8 Å². The second-order valence-corrected chi connectivity index (χ2v) is 5.98. The summed E-state index contributed by atoms with van der Waals surface area (Å²) in [4.78, 5) is 21.9. The van der Waals surface area contributed by atoms with Crippen LogP contribution in [0, 0.1) is 5.92 Å². The number of nitrogens with one attached hydrogen (secondary N) is 1. The quantitative estimate of drug-likeness (QED) is 0.762. The van der Waals surface area contributed by atoms with E-state index >= 15 is 0 Å². The summed E-state index contributed by atoms with van der Waals surface area (Å²) in [5.41, 5.74) is -0.527. The molecule has 0 aromatic heterocycles. The van der Waals surface area contributed by atoms with E-state index in [2.05, 4.69) is 5.32 Å². The zero-order chi connectivity index (χ0) is 17.0. The molecule has 1 aliphatic rings. The van der Waals surface area contributed by atoms with Crippen LogP contribution in [0.1, 0.15) is 47.0 Å². The molecule has 1 saturated heterocycles. The zero-order valence-electron chi connectivity index (χ0n) is 14.1. The molecule has 6 nitrogen and oxygen atoms in total. The highest BCUT2D eigenvalue weighted by Crippen LogP contribution is 2.06. The Kier molecular flexibility index (Phi) is 10.3. The van der Waals surface area contributed by atoms with Gasteiger partial charge in [-0.05, 0) is 40.0 Å². The third kappa shape index (κ3) is 12.2. The van der Waals surface area contributed by atoms with E-state index in [0.29, 0.717) is 6.42 Å². The number of carboxylic acid groups (broad SMARTS) is 1. The van der Waals surface area contributed by atoms with Gasteiger partial charge in [-0.1, -0.05) is 19.1 Å². The number of amides is 1. The lowest BCUT2D eigenvalue weighted by Gasteiger charge is -2.19. The number of carbonyl (C=O) groups is 2. The van der Waals surface area contributed by atoms with Gasteiger partial charge in [0, 0.05) is 19.8 Å². The van der Waals surface area contributed by atoms with Crippen molar-refractivity contribution in [2.45, 2.75) is 52.6 Å². The van der Waals surface area contributed by atoms with Gasteiger partial charge in [0.05, 0.1) is 5.92 Å². The first-order chi connectivity index (χ1) is 10.3. The molecular weight excluding hydrogens is 286 g/mol. The Balaban J connectivity index is 0.000000734. The monoisotopic (exact) mass is 315 g/mol. The Morgan fingerprint density at radius 2 is 1.91 bits per heavy atom. The van der Waals surface area contributed by atoms with Crippen molar-refractivity contribution in [2.75, 3.05) is 19.8 Å². The standard InChI is InChI=1S/C12H21NO4.C4H8O/c1-5-9(10(14)15)7-6-8-13-11(16)17-12(2,3)4;1-2-4-5-3-1/h6-7,9H,5,8H2,1-4H3,(H,13,16)(H,14,15);1-4H2/b7-6-;. The summed E-state index contributed by atoms with van der Waals surface area (Å²) in [6.45, 7) is 9.39. The Morgan fingerprint density at radius 3 is 2.27 bits per heavy atom. The van der Waals surface area contributed by atoms with Crippen LogP contribution in [0.25, 0.3) is 0 Å². The topological polar surface area (TPSA) is 84.9 Å². The molecule has 0 aliphatic carbocycles. The lowest BCUT2D eigenvalue weighted by Crippen LogP contribution is -2.32. The van der Waals surface area contributed by atoms with Crippen molar-refractivity contribution >= 4 is 12.1 Å². The molecule has 0 saturated carbocycles. The Morgan fingerprint density at radius 1 is 1.32 bits per heavy atom. The first kappa shape index (κ1) is 20.4. The molecule has 1 rings (SSSR count). The molecule has 1 amide bonds. The normalized spacial score (nSPS) is 15.8. The number of ether oxygens (including phenoxy) is 2. The van der Waals surface area contributed by atoms with Gasteiger partial charge in [0.15, 0.2) is 0 Å². The zero-order valence-corrected chi connectivity index (χ0v) is 14.1. The maximum atomic E-state index is 11.2. The van der Waals surface area contributed by atoms with Gasteiger partial charge in [-0.3, -0.25) is 4.79 Å². The van der Waals surface area contributed by atoms with Gasteiger partial charge >= 0.3 is 12.1 Å². The third-order valence-corrected chi connectivity index (χ3v) is 2.72. The molecule has 0 spiro atoms. The van der Waals surface area contributed by atoms with Crippen molar-refractivity contribution in [2.24, 2.45) is 5.92 Å². The first-order valence-corrected chi connectivity index (χ1v) is 7.70. The lowest BCUT2D eigenvalue weighted by atomic mass is 10.1. The summed E-state index contributed by atoms with van der Waals surface area (Å²) in [6.07, 6.45) is 5.76. The largest absolute Gasteiger partial charge is 0.481 e. The molecule has 6 heteroatoms. The van der Waals surface area contributed by atoms with Crippen molar-refractivity contribution in [3.05, 3.63) is 12.2 Å². The average Bonchev–Trinajstić information content (AvgIpc) is 2.95. The number of carbonyl (C=O) groups excluding carboxylic acids is 1. The minimum atomic E-state index is -0.860. The van der Waals surface area contributed by atoms with Crippen LogP contribution in [0.3, 0.4) is 0 Å². The van der Waals surface area contributed by atoms with E-state index in [9.17, 15) is 9.59 Å². The van der Waals surface area contributed by atoms with E-state index in [1.54, 1.807) is 39.8 Å². The van der Waals surface area contributed by atoms with Crippen LogP contribution in [0.15, 0.2) is 12.2 Å². The number of hydrogen-bond acceptors (Lipinski definition) is 4. The van der Waals surface area contributed by atoms with E-state index in [1.807, 2.05) is 0 Å². The second kappa shape index (κ2) is 11.1. The van der Waals surface area contributed by atoms with Crippen molar-refractivity contribution in [3.8, 4) is 0 Å². The predicted molar refractivity (Wildman–Crippen MR) is 84.8 cm³/mol. The molecule has 1 heterocycles. The van der Waals surface area contributed by atoms with Crippen LogP contribution < -0.4 is 5.32 Å². The Hall–Kier alpha value is -1.56.